The van der Waals surface area contributed by atoms with Crippen LogP contribution in [-0.4, -0.2) is 17.5 Å². The van der Waals surface area contributed by atoms with Crippen molar-refractivity contribution >= 4 is 29.1 Å². The lowest BCUT2D eigenvalue weighted by atomic mass is 9.84. The second-order valence-electron chi connectivity index (χ2n) is 4.40. The summed E-state index contributed by atoms with van der Waals surface area (Å²) in [7, 11) is 0. The third-order valence-corrected chi connectivity index (χ3v) is 5.05. The molecule has 4 heteroatoms. The fraction of sp³-hybridized carbons (Fsp3) is 0.462. The minimum absolute atomic E-state index is 0.367. The highest BCUT2D eigenvalue weighted by molar-refractivity contribution is 8.00. The Morgan fingerprint density at radius 1 is 1.53 bits per heavy atom. The topological polar surface area (TPSA) is 35.8 Å². The zero-order chi connectivity index (χ0) is 12.3. The number of hydrogen-bond acceptors (Lipinski definition) is 3. The second kappa shape index (κ2) is 5.20. The maximum absolute atomic E-state index is 9.05. The van der Waals surface area contributed by atoms with Gasteiger partial charge in [-0.05, 0) is 37.3 Å². The summed E-state index contributed by atoms with van der Waals surface area (Å²) in [4.78, 5) is 0. The number of rotatable bonds is 4. The molecule has 90 valence electrons. The second-order valence-corrected chi connectivity index (χ2v) is 6.11. The minimum atomic E-state index is 0.367. The van der Waals surface area contributed by atoms with E-state index in [1.165, 1.54) is 19.3 Å². The van der Waals surface area contributed by atoms with Crippen molar-refractivity contribution < 1.29 is 0 Å². The molecule has 17 heavy (non-hydrogen) atoms. The highest BCUT2D eigenvalue weighted by Gasteiger charge is 2.35. The lowest BCUT2D eigenvalue weighted by Gasteiger charge is -2.40. The minimum Gasteiger partial charge on any atom is -0.383 e. The summed E-state index contributed by atoms with van der Waals surface area (Å²) in [6, 6.07) is 7.58. The quantitative estimate of drug-likeness (QED) is 0.898. The number of thioether (sulfide) groups is 1. The first-order valence-corrected chi connectivity index (χ1v) is 7.28. The predicted molar refractivity (Wildman–Crippen MR) is 74.8 cm³/mol. The first kappa shape index (κ1) is 12.6. The van der Waals surface area contributed by atoms with Crippen LogP contribution in [0.25, 0.3) is 0 Å². The Morgan fingerprint density at radius 3 is 2.82 bits per heavy atom. The highest BCUT2D eigenvalue weighted by Crippen LogP contribution is 2.42. The third kappa shape index (κ3) is 2.70. The van der Waals surface area contributed by atoms with E-state index >= 15 is 0 Å². The van der Waals surface area contributed by atoms with Gasteiger partial charge < -0.3 is 5.32 Å². The van der Waals surface area contributed by atoms with Crippen LogP contribution in [0.5, 0.6) is 0 Å². The van der Waals surface area contributed by atoms with Crippen molar-refractivity contribution in [1.29, 1.82) is 5.26 Å². The molecule has 1 aliphatic carbocycles. The Hall–Kier alpha value is -0.850. The van der Waals surface area contributed by atoms with Crippen LogP contribution in [0.2, 0.25) is 5.02 Å². The average Bonchev–Trinajstić information content (AvgIpc) is 2.29. The van der Waals surface area contributed by atoms with Crippen molar-refractivity contribution in [3.8, 4) is 6.07 Å². The van der Waals surface area contributed by atoms with Crippen LogP contribution in [0.3, 0.4) is 0 Å². The molecule has 0 aromatic heterocycles. The standard InChI is InChI=1S/C13H15ClN2S/c1-17-13(5-2-6-13)9-16-12-4-3-11(14)7-10(12)8-15/h3-4,7,16H,2,5-6,9H2,1H3. The van der Waals surface area contributed by atoms with E-state index in [0.717, 1.165) is 12.2 Å². The largest absolute Gasteiger partial charge is 0.383 e. The SMILES string of the molecule is CSC1(CNc2ccc(Cl)cc2C#N)CCC1. The molecule has 0 amide bonds. The van der Waals surface area contributed by atoms with Gasteiger partial charge in [-0.15, -0.1) is 0 Å². The summed E-state index contributed by atoms with van der Waals surface area (Å²) in [5.74, 6) is 0. The Kier molecular flexibility index (Phi) is 3.86. The van der Waals surface area contributed by atoms with Crippen LogP contribution < -0.4 is 5.32 Å². The number of nitrogens with one attached hydrogen (secondary N) is 1. The molecule has 0 unspecified atom stereocenters. The lowest BCUT2D eigenvalue weighted by molar-refractivity contribution is 0.380. The number of nitriles is 1. The van der Waals surface area contributed by atoms with Gasteiger partial charge in [0, 0.05) is 16.3 Å². The lowest BCUT2D eigenvalue weighted by Crippen LogP contribution is -2.40. The summed E-state index contributed by atoms with van der Waals surface area (Å²) in [5, 5.41) is 13.0. The van der Waals surface area contributed by atoms with Crippen molar-refractivity contribution in [3.63, 3.8) is 0 Å². The third-order valence-electron chi connectivity index (χ3n) is 3.40. The van der Waals surface area contributed by atoms with Crippen molar-refractivity contribution in [1.82, 2.24) is 0 Å². The molecule has 1 aromatic rings. The number of halogens is 1. The molecule has 1 fully saturated rings. The van der Waals surface area contributed by atoms with Crippen LogP contribution in [-0.2, 0) is 0 Å². The first-order valence-electron chi connectivity index (χ1n) is 5.68. The highest BCUT2D eigenvalue weighted by atomic mass is 35.5. The van der Waals surface area contributed by atoms with E-state index in [4.69, 9.17) is 16.9 Å². The van der Waals surface area contributed by atoms with E-state index in [0.29, 0.717) is 15.3 Å². The number of benzene rings is 1. The van der Waals surface area contributed by atoms with Crippen LogP contribution in [0.1, 0.15) is 24.8 Å². The Bertz CT molecular complexity index is 444. The summed E-state index contributed by atoms with van der Waals surface area (Å²) >= 11 is 7.79. The van der Waals surface area contributed by atoms with Gasteiger partial charge >= 0.3 is 0 Å². The van der Waals surface area contributed by atoms with Crippen molar-refractivity contribution in [2.24, 2.45) is 0 Å². The van der Waals surface area contributed by atoms with E-state index < -0.39 is 0 Å². The zero-order valence-electron chi connectivity index (χ0n) is 9.79. The molecular formula is C13H15ClN2S. The Labute approximate surface area is 111 Å². The Balaban J connectivity index is 2.06. The molecule has 0 heterocycles. The van der Waals surface area contributed by atoms with Gasteiger partial charge in [0.1, 0.15) is 6.07 Å². The molecule has 1 aromatic carbocycles. The van der Waals surface area contributed by atoms with Gasteiger partial charge in [-0.3, -0.25) is 0 Å². The molecule has 0 spiro atoms. The van der Waals surface area contributed by atoms with Crippen molar-refractivity contribution in [3.05, 3.63) is 28.8 Å². The first-order chi connectivity index (χ1) is 8.19. The molecule has 0 atom stereocenters. The number of nitrogens with zero attached hydrogens (tertiary/aromatic N) is 1. The van der Waals surface area contributed by atoms with Crippen LogP contribution in [0.15, 0.2) is 18.2 Å². The number of anilines is 1. The monoisotopic (exact) mass is 266 g/mol. The summed E-state index contributed by atoms with van der Waals surface area (Å²) in [6.07, 6.45) is 6.00. The van der Waals surface area contributed by atoms with Crippen LogP contribution >= 0.6 is 23.4 Å². The van der Waals surface area contributed by atoms with Crippen LogP contribution in [0, 0.1) is 11.3 Å². The smallest absolute Gasteiger partial charge is 0.101 e. The maximum Gasteiger partial charge on any atom is 0.101 e. The molecule has 0 radical (unpaired) electrons. The normalized spacial score (nSPS) is 17.0. The van der Waals surface area contributed by atoms with E-state index in [1.807, 2.05) is 23.9 Å². The fourth-order valence-electron chi connectivity index (χ4n) is 2.04. The van der Waals surface area contributed by atoms with E-state index in [2.05, 4.69) is 17.6 Å². The van der Waals surface area contributed by atoms with Gasteiger partial charge in [0.15, 0.2) is 0 Å². The molecule has 1 saturated carbocycles. The van der Waals surface area contributed by atoms with Gasteiger partial charge in [0.2, 0.25) is 0 Å². The molecule has 2 nitrogen and oxygen atoms in total. The molecule has 0 aliphatic heterocycles. The molecule has 1 aliphatic rings. The predicted octanol–water partition coefficient (Wildman–Crippen LogP) is 3.91. The van der Waals surface area contributed by atoms with E-state index in [9.17, 15) is 0 Å². The zero-order valence-corrected chi connectivity index (χ0v) is 11.4. The maximum atomic E-state index is 9.05. The van der Waals surface area contributed by atoms with E-state index in [1.54, 1.807) is 6.07 Å². The fourth-order valence-corrected chi connectivity index (χ4v) is 3.13. The van der Waals surface area contributed by atoms with E-state index in [-0.39, 0.29) is 0 Å². The van der Waals surface area contributed by atoms with Crippen LogP contribution in [0.4, 0.5) is 5.69 Å². The molecule has 0 saturated heterocycles. The molecule has 0 bridgehead atoms. The Morgan fingerprint density at radius 2 is 2.29 bits per heavy atom. The van der Waals surface area contributed by atoms with Crippen molar-refractivity contribution in [2.75, 3.05) is 18.1 Å². The molecular weight excluding hydrogens is 252 g/mol. The van der Waals surface area contributed by atoms with Gasteiger partial charge in [-0.2, -0.15) is 17.0 Å². The summed E-state index contributed by atoms with van der Waals surface area (Å²) < 4.78 is 0.367. The number of hydrogen-bond donors (Lipinski definition) is 1. The molecule has 2 rings (SSSR count). The molecule has 1 N–H and O–H groups in total. The van der Waals surface area contributed by atoms with Gasteiger partial charge in [-0.1, -0.05) is 18.0 Å². The summed E-state index contributed by atoms with van der Waals surface area (Å²) in [5.41, 5.74) is 1.50. The van der Waals surface area contributed by atoms with Gasteiger partial charge in [-0.25, -0.2) is 0 Å². The van der Waals surface area contributed by atoms with Gasteiger partial charge in [0.05, 0.1) is 11.3 Å². The summed E-state index contributed by atoms with van der Waals surface area (Å²) in [6.45, 7) is 0.921. The van der Waals surface area contributed by atoms with Crippen molar-refractivity contribution in [2.45, 2.75) is 24.0 Å². The van der Waals surface area contributed by atoms with Gasteiger partial charge in [0.25, 0.3) is 0 Å². The average molecular weight is 267 g/mol.